The molecule has 2 saturated heterocycles. The van der Waals surface area contributed by atoms with Crippen LogP contribution in [-0.4, -0.2) is 47.1 Å². The van der Waals surface area contributed by atoms with Crippen molar-refractivity contribution in [2.24, 2.45) is 5.41 Å². The maximum atomic E-state index is 12.7. The third kappa shape index (κ3) is 4.39. The fourth-order valence-electron chi connectivity index (χ4n) is 3.64. The maximum absolute atomic E-state index is 12.7. The number of carbonyl (C=O) groups is 2. The zero-order chi connectivity index (χ0) is 20.7. The normalized spacial score (nSPS) is 20.0. The summed E-state index contributed by atoms with van der Waals surface area (Å²) < 4.78 is 43.5. The number of halogens is 3. The molecule has 0 unspecified atom stereocenters. The predicted molar refractivity (Wildman–Crippen MR) is 95.7 cm³/mol. The molecule has 0 aromatic carbocycles. The van der Waals surface area contributed by atoms with E-state index in [4.69, 9.17) is 4.74 Å². The molecule has 1 aromatic heterocycles. The average Bonchev–Trinajstić information content (AvgIpc) is 2.89. The van der Waals surface area contributed by atoms with Gasteiger partial charge in [0, 0.05) is 37.7 Å². The molecule has 154 valence electrons. The fraction of sp³-hybridized carbons (Fsp3) is 0.632. The molecule has 6 nitrogen and oxygen atoms in total. The van der Waals surface area contributed by atoms with E-state index in [0.717, 1.165) is 12.3 Å². The number of pyridine rings is 1. The second-order valence-electron chi connectivity index (χ2n) is 8.53. The van der Waals surface area contributed by atoms with E-state index in [0.29, 0.717) is 38.9 Å². The van der Waals surface area contributed by atoms with E-state index in [2.05, 4.69) is 4.98 Å². The molecule has 1 aromatic rings. The summed E-state index contributed by atoms with van der Waals surface area (Å²) in [6, 6.07) is 2.17. The standard InChI is InChI=1S/C19H24F3N3O3/c1-17(2,3)28-16(27)24-8-6-18(7-9-24)10-15(26)25(12-18)14-5-4-13(11-23-14)19(20,21)22/h4-5,11H,6-10,12H2,1-3H3. The molecule has 0 aliphatic carbocycles. The second kappa shape index (κ2) is 6.93. The van der Waals surface area contributed by atoms with E-state index in [1.165, 1.54) is 11.0 Å². The van der Waals surface area contributed by atoms with Crippen LogP contribution in [0.4, 0.5) is 23.8 Å². The zero-order valence-corrected chi connectivity index (χ0v) is 16.2. The van der Waals surface area contributed by atoms with Gasteiger partial charge >= 0.3 is 12.3 Å². The minimum atomic E-state index is -4.46. The van der Waals surface area contributed by atoms with Gasteiger partial charge < -0.3 is 9.64 Å². The molecule has 0 radical (unpaired) electrons. The van der Waals surface area contributed by atoms with Gasteiger partial charge in [-0.05, 0) is 45.7 Å². The Kier molecular flexibility index (Phi) is 5.05. The number of carbonyl (C=O) groups excluding carboxylic acids is 2. The van der Waals surface area contributed by atoms with E-state index < -0.39 is 17.3 Å². The maximum Gasteiger partial charge on any atom is 0.417 e. The van der Waals surface area contributed by atoms with Crippen molar-refractivity contribution in [3.63, 3.8) is 0 Å². The first-order chi connectivity index (χ1) is 12.9. The van der Waals surface area contributed by atoms with Crippen LogP contribution in [0.3, 0.4) is 0 Å². The molecule has 2 fully saturated rings. The number of piperidine rings is 1. The van der Waals surface area contributed by atoms with Crippen LogP contribution in [0.1, 0.15) is 45.6 Å². The SMILES string of the molecule is CC(C)(C)OC(=O)N1CCC2(CC1)CC(=O)N(c1ccc(C(F)(F)F)cn1)C2. The molecular formula is C19H24F3N3O3. The van der Waals surface area contributed by atoms with Crippen LogP contribution in [0.25, 0.3) is 0 Å². The number of rotatable bonds is 1. The van der Waals surface area contributed by atoms with Gasteiger partial charge in [0.2, 0.25) is 5.91 Å². The van der Waals surface area contributed by atoms with Crippen LogP contribution in [0.5, 0.6) is 0 Å². The highest BCUT2D eigenvalue weighted by Crippen LogP contribution is 2.42. The van der Waals surface area contributed by atoms with Crippen LogP contribution in [-0.2, 0) is 15.7 Å². The van der Waals surface area contributed by atoms with Crippen molar-refractivity contribution in [1.82, 2.24) is 9.88 Å². The van der Waals surface area contributed by atoms with Crippen molar-refractivity contribution in [1.29, 1.82) is 0 Å². The summed E-state index contributed by atoms with van der Waals surface area (Å²) in [7, 11) is 0. The predicted octanol–water partition coefficient (Wildman–Crippen LogP) is 3.85. The Labute approximate surface area is 161 Å². The number of hydrogen-bond acceptors (Lipinski definition) is 4. The lowest BCUT2D eigenvalue weighted by molar-refractivity contribution is -0.137. The Morgan fingerprint density at radius 1 is 1.18 bits per heavy atom. The van der Waals surface area contributed by atoms with Crippen LogP contribution >= 0.6 is 0 Å². The van der Waals surface area contributed by atoms with Gasteiger partial charge in [0.15, 0.2) is 0 Å². The number of alkyl halides is 3. The van der Waals surface area contributed by atoms with Crippen LogP contribution < -0.4 is 4.90 Å². The quantitative estimate of drug-likeness (QED) is 0.720. The lowest BCUT2D eigenvalue weighted by atomic mass is 9.78. The summed E-state index contributed by atoms with van der Waals surface area (Å²) >= 11 is 0. The molecule has 0 bridgehead atoms. The highest BCUT2D eigenvalue weighted by Gasteiger charge is 2.46. The summed E-state index contributed by atoms with van der Waals surface area (Å²) in [5, 5.41) is 0. The summed E-state index contributed by atoms with van der Waals surface area (Å²) in [6.07, 6.45) is -2.51. The smallest absolute Gasteiger partial charge is 0.417 e. The molecule has 0 N–H and O–H groups in total. The summed E-state index contributed by atoms with van der Waals surface area (Å²) in [5.41, 5.74) is -1.70. The van der Waals surface area contributed by atoms with Crippen molar-refractivity contribution in [3.8, 4) is 0 Å². The minimum absolute atomic E-state index is 0.155. The molecule has 9 heteroatoms. The Morgan fingerprint density at radius 3 is 2.32 bits per heavy atom. The summed E-state index contributed by atoms with van der Waals surface area (Å²) in [4.78, 5) is 31.6. The molecule has 2 aliphatic rings. The van der Waals surface area contributed by atoms with Gasteiger partial charge in [0.1, 0.15) is 11.4 Å². The number of ether oxygens (including phenoxy) is 1. The second-order valence-corrected chi connectivity index (χ2v) is 8.53. The molecule has 3 rings (SSSR count). The largest absolute Gasteiger partial charge is 0.444 e. The van der Waals surface area contributed by atoms with Gasteiger partial charge in [-0.1, -0.05) is 0 Å². The van der Waals surface area contributed by atoms with Crippen LogP contribution in [0.2, 0.25) is 0 Å². The van der Waals surface area contributed by atoms with Gasteiger partial charge in [-0.15, -0.1) is 0 Å². The first kappa shape index (κ1) is 20.4. The molecular weight excluding hydrogens is 375 g/mol. The van der Waals surface area contributed by atoms with Crippen molar-refractivity contribution in [3.05, 3.63) is 23.9 Å². The summed E-state index contributed by atoms with van der Waals surface area (Å²) in [5.74, 6) is 0.0717. The Morgan fingerprint density at radius 2 is 1.82 bits per heavy atom. The first-order valence-electron chi connectivity index (χ1n) is 9.20. The monoisotopic (exact) mass is 399 g/mol. The molecule has 28 heavy (non-hydrogen) atoms. The number of nitrogens with zero attached hydrogens (tertiary/aromatic N) is 3. The van der Waals surface area contributed by atoms with Gasteiger partial charge in [-0.3, -0.25) is 9.69 Å². The lowest BCUT2D eigenvalue weighted by Crippen LogP contribution is -2.46. The summed E-state index contributed by atoms with van der Waals surface area (Å²) in [6.45, 7) is 6.78. The van der Waals surface area contributed by atoms with Crippen molar-refractivity contribution in [2.75, 3.05) is 24.5 Å². The van der Waals surface area contributed by atoms with Crippen LogP contribution in [0.15, 0.2) is 18.3 Å². The third-order valence-electron chi connectivity index (χ3n) is 5.15. The van der Waals surface area contributed by atoms with E-state index in [-0.39, 0.29) is 23.2 Å². The molecule has 2 amide bonds. The fourth-order valence-corrected chi connectivity index (χ4v) is 3.64. The molecule has 0 atom stereocenters. The molecule has 2 aliphatic heterocycles. The van der Waals surface area contributed by atoms with E-state index in [1.807, 2.05) is 0 Å². The van der Waals surface area contributed by atoms with Crippen molar-refractivity contribution < 1.29 is 27.5 Å². The van der Waals surface area contributed by atoms with Crippen LogP contribution in [0, 0.1) is 5.41 Å². The van der Waals surface area contributed by atoms with Gasteiger partial charge in [0.05, 0.1) is 5.56 Å². The average molecular weight is 399 g/mol. The lowest BCUT2D eigenvalue weighted by Gasteiger charge is -2.39. The van der Waals surface area contributed by atoms with E-state index >= 15 is 0 Å². The van der Waals surface area contributed by atoms with Crippen molar-refractivity contribution in [2.45, 2.75) is 51.8 Å². The Bertz CT molecular complexity index is 748. The number of likely N-dealkylation sites (tertiary alicyclic amines) is 1. The Hall–Kier alpha value is -2.32. The number of anilines is 1. The number of hydrogen-bond donors (Lipinski definition) is 0. The first-order valence-corrected chi connectivity index (χ1v) is 9.20. The minimum Gasteiger partial charge on any atom is -0.444 e. The van der Waals surface area contributed by atoms with Gasteiger partial charge in [0.25, 0.3) is 0 Å². The van der Waals surface area contributed by atoms with Gasteiger partial charge in [-0.25, -0.2) is 9.78 Å². The third-order valence-corrected chi connectivity index (χ3v) is 5.15. The molecule has 1 spiro atoms. The topological polar surface area (TPSA) is 62.7 Å². The van der Waals surface area contributed by atoms with E-state index in [1.54, 1.807) is 25.7 Å². The zero-order valence-electron chi connectivity index (χ0n) is 16.2. The number of aromatic nitrogens is 1. The highest BCUT2D eigenvalue weighted by atomic mass is 19.4. The number of amides is 2. The Balaban J connectivity index is 1.64. The molecule has 0 saturated carbocycles. The molecule has 3 heterocycles. The van der Waals surface area contributed by atoms with Gasteiger partial charge in [-0.2, -0.15) is 13.2 Å². The van der Waals surface area contributed by atoms with E-state index in [9.17, 15) is 22.8 Å². The van der Waals surface area contributed by atoms with Crippen molar-refractivity contribution >= 4 is 17.8 Å². The highest BCUT2D eigenvalue weighted by molar-refractivity contribution is 5.95.